The molecule has 0 radical (unpaired) electrons. The second kappa shape index (κ2) is 19.2. The molecule has 1 saturated heterocycles. The van der Waals surface area contributed by atoms with Crippen LogP contribution in [0, 0.1) is 11.8 Å². The fraction of sp³-hybridized carbons (Fsp3) is 0.594. The number of carbonyl (C=O) groups is 7. The Balaban J connectivity index is 2.06. The second-order valence-electron chi connectivity index (χ2n) is 12.1. The number of hydrogen-bond acceptors (Lipinski definition) is 9. The standard InChI is InChI=1S/C32H48N6O9/c1-5-19(4)27(32(46)35-21(28(33)42)12-14-26(41)47-17-20-9-7-6-8-10-20)38-30(44)23(15-18(2)3)36-31(45)24(16-39)37-29(43)22-11-13-25(40)34-22/h6-10,18-19,21-24,27,39H,5,11-17H2,1-4H3,(H2,33,42)(H,34,40)(H,35,46)(H,36,45)(H,37,43)(H,38,44)/t19-,21+,22+,23-,24-,27-/m1/s1. The fourth-order valence-corrected chi connectivity index (χ4v) is 4.83. The highest BCUT2D eigenvalue weighted by Crippen LogP contribution is 2.13. The predicted octanol–water partition coefficient (Wildman–Crippen LogP) is -0.702. The zero-order valence-corrected chi connectivity index (χ0v) is 27.4. The Bertz CT molecular complexity index is 1260. The van der Waals surface area contributed by atoms with E-state index < -0.39 is 78.2 Å². The van der Waals surface area contributed by atoms with Crippen LogP contribution in [-0.4, -0.2) is 83.3 Å². The largest absolute Gasteiger partial charge is 0.461 e. The molecule has 15 heteroatoms. The number of primary amides is 1. The zero-order valence-electron chi connectivity index (χ0n) is 27.4. The molecule has 1 aromatic rings. The summed E-state index contributed by atoms with van der Waals surface area (Å²) in [7, 11) is 0. The highest BCUT2D eigenvalue weighted by Gasteiger charge is 2.34. The van der Waals surface area contributed by atoms with Crippen LogP contribution in [0.3, 0.4) is 0 Å². The third-order valence-corrected chi connectivity index (χ3v) is 7.80. The number of aliphatic hydroxyl groups is 1. The SMILES string of the molecule is CC[C@@H](C)[C@@H](NC(=O)[C@@H](CC(C)C)NC(=O)[C@@H](CO)NC(=O)[C@@H]1CCC(=O)N1)C(=O)N[C@@H](CCC(=O)OCc1ccccc1)C(N)=O. The van der Waals surface area contributed by atoms with Gasteiger partial charge in [0.05, 0.1) is 6.61 Å². The number of esters is 1. The predicted molar refractivity (Wildman–Crippen MR) is 170 cm³/mol. The molecule has 8 N–H and O–H groups in total. The molecule has 0 saturated carbocycles. The number of nitrogens with one attached hydrogen (secondary N) is 5. The minimum atomic E-state index is -1.40. The Morgan fingerprint density at radius 3 is 2.13 bits per heavy atom. The van der Waals surface area contributed by atoms with E-state index in [0.29, 0.717) is 6.42 Å². The van der Waals surface area contributed by atoms with Crippen LogP contribution in [0.25, 0.3) is 0 Å². The first-order valence-electron chi connectivity index (χ1n) is 15.9. The molecule has 47 heavy (non-hydrogen) atoms. The summed E-state index contributed by atoms with van der Waals surface area (Å²) in [5, 5.41) is 22.4. The zero-order chi connectivity index (χ0) is 35.1. The molecular formula is C32H48N6O9. The van der Waals surface area contributed by atoms with Crippen molar-refractivity contribution >= 4 is 41.4 Å². The summed E-state index contributed by atoms with van der Waals surface area (Å²) in [6.45, 7) is 6.46. The van der Waals surface area contributed by atoms with E-state index in [2.05, 4.69) is 26.6 Å². The first kappa shape index (κ1) is 38.7. The van der Waals surface area contributed by atoms with E-state index in [1.165, 1.54) is 0 Å². The van der Waals surface area contributed by atoms with Crippen LogP contribution in [0.2, 0.25) is 0 Å². The molecule has 6 atom stereocenters. The van der Waals surface area contributed by atoms with Crippen molar-refractivity contribution < 1.29 is 43.4 Å². The van der Waals surface area contributed by atoms with E-state index in [9.17, 15) is 38.7 Å². The van der Waals surface area contributed by atoms with Crippen molar-refractivity contribution in [2.45, 2.75) is 103 Å². The summed E-state index contributed by atoms with van der Waals surface area (Å²) in [5.41, 5.74) is 6.30. The van der Waals surface area contributed by atoms with Crippen LogP contribution in [0.15, 0.2) is 30.3 Å². The molecule has 0 aromatic heterocycles. The lowest BCUT2D eigenvalue weighted by Gasteiger charge is -2.29. The van der Waals surface area contributed by atoms with Crippen molar-refractivity contribution in [1.82, 2.24) is 26.6 Å². The smallest absolute Gasteiger partial charge is 0.306 e. The monoisotopic (exact) mass is 660 g/mol. The van der Waals surface area contributed by atoms with Crippen molar-refractivity contribution in [2.75, 3.05) is 6.61 Å². The van der Waals surface area contributed by atoms with Gasteiger partial charge >= 0.3 is 5.97 Å². The molecule has 6 amide bonds. The van der Waals surface area contributed by atoms with E-state index in [0.717, 1.165) is 5.56 Å². The molecule has 1 heterocycles. The molecule has 15 nitrogen and oxygen atoms in total. The molecule has 0 aliphatic carbocycles. The molecular weight excluding hydrogens is 612 g/mol. The average Bonchev–Trinajstić information content (AvgIpc) is 3.48. The molecule has 0 spiro atoms. The van der Waals surface area contributed by atoms with Gasteiger partial charge in [-0.25, -0.2) is 0 Å². The Morgan fingerprint density at radius 1 is 0.936 bits per heavy atom. The quantitative estimate of drug-likeness (QED) is 0.0928. The van der Waals surface area contributed by atoms with Crippen LogP contribution >= 0.6 is 0 Å². The number of hydrogen-bond donors (Lipinski definition) is 7. The molecule has 1 fully saturated rings. The number of aliphatic hydroxyl groups excluding tert-OH is 1. The van der Waals surface area contributed by atoms with Crippen molar-refractivity contribution in [2.24, 2.45) is 17.6 Å². The van der Waals surface area contributed by atoms with Gasteiger partial charge in [0, 0.05) is 12.8 Å². The minimum absolute atomic E-state index is 0.0492. The van der Waals surface area contributed by atoms with E-state index in [-0.39, 0.29) is 50.5 Å². The normalized spacial score (nSPS) is 17.3. The van der Waals surface area contributed by atoms with Gasteiger partial charge in [-0.2, -0.15) is 0 Å². The molecule has 1 aliphatic heterocycles. The van der Waals surface area contributed by atoms with Gasteiger partial charge in [-0.3, -0.25) is 33.6 Å². The number of amides is 6. The van der Waals surface area contributed by atoms with Crippen LogP contribution in [-0.2, 0) is 44.9 Å². The maximum absolute atomic E-state index is 13.5. The van der Waals surface area contributed by atoms with Gasteiger partial charge in [0.2, 0.25) is 35.4 Å². The van der Waals surface area contributed by atoms with E-state index in [4.69, 9.17) is 10.5 Å². The Morgan fingerprint density at radius 2 is 1.57 bits per heavy atom. The van der Waals surface area contributed by atoms with Gasteiger partial charge in [-0.15, -0.1) is 0 Å². The van der Waals surface area contributed by atoms with Crippen LogP contribution in [0.5, 0.6) is 0 Å². The van der Waals surface area contributed by atoms with Crippen LogP contribution in [0.1, 0.15) is 71.8 Å². The van der Waals surface area contributed by atoms with E-state index in [1.807, 2.05) is 19.9 Å². The number of rotatable bonds is 19. The Labute approximate surface area is 274 Å². The Hall–Kier alpha value is -4.53. The van der Waals surface area contributed by atoms with Crippen molar-refractivity contribution in [3.63, 3.8) is 0 Å². The van der Waals surface area contributed by atoms with Crippen LogP contribution < -0.4 is 32.3 Å². The molecule has 1 aromatic carbocycles. The van der Waals surface area contributed by atoms with Gasteiger partial charge in [0.25, 0.3) is 0 Å². The summed E-state index contributed by atoms with van der Waals surface area (Å²) in [4.78, 5) is 88.4. The third-order valence-electron chi connectivity index (χ3n) is 7.80. The summed E-state index contributed by atoms with van der Waals surface area (Å²) in [6.07, 6.45) is 0.711. The number of nitrogens with two attached hydrogens (primary N) is 1. The van der Waals surface area contributed by atoms with Crippen molar-refractivity contribution in [1.29, 1.82) is 0 Å². The summed E-state index contributed by atoms with van der Waals surface area (Å²) < 4.78 is 5.23. The lowest BCUT2D eigenvalue weighted by Crippen LogP contribution is -2.60. The molecule has 0 bridgehead atoms. The van der Waals surface area contributed by atoms with E-state index >= 15 is 0 Å². The van der Waals surface area contributed by atoms with E-state index in [1.54, 1.807) is 38.1 Å². The number of carbonyl (C=O) groups excluding carboxylic acids is 7. The molecule has 2 rings (SSSR count). The van der Waals surface area contributed by atoms with Gasteiger partial charge in [0.1, 0.15) is 36.8 Å². The highest BCUT2D eigenvalue weighted by atomic mass is 16.5. The highest BCUT2D eigenvalue weighted by molar-refractivity contribution is 5.97. The summed E-state index contributed by atoms with van der Waals surface area (Å²) in [6, 6.07) is 3.29. The first-order chi connectivity index (χ1) is 22.2. The summed E-state index contributed by atoms with van der Waals surface area (Å²) in [5.74, 6) is -5.13. The minimum Gasteiger partial charge on any atom is -0.461 e. The fourth-order valence-electron chi connectivity index (χ4n) is 4.83. The summed E-state index contributed by atoms with van der Waals surface area (Å²) >= 11 is 0. The number of ether oxygens (including phenoxy) is 1. The molecule has 0 unspecified atom stereocenters. The average molecular weight is 661 g/mol. The Kier molecular flexibility index (Phi) is 15.8. The van der Waals surface area contributed by atoms with Gasteiger partial charge in [0.15, 0.2) is 0 Å². The second-order valence-corrected chi connectivity index (χ2v) is 12.1. The maximum Gasteiger partial charge on any atom is 0.306 e. The van der Waals surface area contributed by atoms with Gasteiger partial charge in [-0.05, 0) is 36.7 Å². The molecule has 260 valence electrons. The van der Waals surface area contributed by atoms with Crippen LogP contribution in [0.4, 0.5) is 0 Å². The third kappa shape index (κ3) is 13.0. The topological polar surface area (TPSA) is 235 Å². The molecule has 1 aliphatic rings. The lowest BCUT2D eigenvalue weighted by atomic mass is 9.96. The van der Waals surface area contributed by atoms with Gasteiger partial charge < -0.3 is 42.2 Å². The van der Waals surface area contributed by atoms with Crippen molar-refractivity contribution in [3.8, 4) is 0 Å². The number of benzene rings is 1. The first-order valence-corrected chi connectivity index (χ1v) is 15.9. The maximum atomic E-state index is 13.5. The van der Waals surface area contributed by atoms with Gasteiger partial charge in [-0.1, -0.05) is 64.4 Å². The lowest BCUT2D eigenvalue weighted by molar-refractivity contribution is -0.145. The van der Waals surface area contributed by atoms with Crippen molar-refractivity contribution in [3.05, 3.63) is 35.9 Å².